The molecule has 5 atom stereocenters. The van der Waals surface area contributed by atoms with E-state index in [1.807, 2.05) is 13.8 Å². The van der Waals surface area contributed by atoms with Gasteiger partial charge in [-0.25, -0.2) is 0 Å². The van der Waals surface area contributed by atoms with Crippen LogP contribution in [0.2, 0.25) is 0 Å². The molecule has 2 aliphatic heterocycles. The van der Waals surface area contributed by atoms with Gasteiger partial charge in [0, 0.05) is 57.8 Å². The summed E-state index contributed by atoms with van der Waals surface area (Å²) in [6.07, 6.45) is 5.15. The highest BCUT2D eigenvalue weighted by Crippen LogP contribution is 2.24. The molecule has 1 saturated carbocycles. The number of hydrogen-bond acceptors (Lipinski definition) is 9. The second-order valence-electron chi connectivity index (χ2n) is 8.70. The summed E-state index contributed by atoms with van der Waals surface area (Å²) in [6, 6.07) is 0.216. The fourth-order valence-electron chi connectivity index (χ4n) is 3.90. The van der Waals surface area contributed by atoms with Gasteiger partial charge in [-0.2, -0.15) is 0 Å². The molecule has 186 valence electrons. The summed E-state index contributed by atoms with van der Waals surface area (Å²) in [4.78, 5) is 0. The average molecular weight is 449 g/mol. The van der Waals surface area contributed by atoms with Crippen molar-refractivity contribution < 1.29 is 24.8 Å². The van der Waals surface area contributed by atoms with Crippen molar-refractivity contribution in [2.45, 2.75) is 88.9 Å². The smallest absolute Gasteiger partial charge is 0.0724 e. The number of rotatable bonds is 9. The van der Waals surface area contributed by atoms with Gasteiger partial charge in [0.25, 0.3) is 0 Å². The molecule has 3 fully saturated rings. The minimum Gasteiger partial charge on any atom is -0.395 e. The fourth-order valence-corrected chi connectivity index (χ4v) is 3.90. The highest BCUT2D eigenvalue weighted by molar-refractivity contribution is 4.84. The van der Waals surface area contributed by atoms with Gasteiger partial charge in [-0.15, -0.1) is 0 Å². The number of nitrogens with one attached hydrogen (secondary N) is 2. The molecule has 0 aromatic carbocycles. The van der Waals surface area contributed by atoms with Crippen molar-refractivity contribution in [3.05, 3.63) is 0 Å². The van der Waals surface area contributed by atoms with Crippen LogP contribution in [0.15, 0.2) is 0 Å². The van der Waals surface area contributed by atoms with E-state index < -0.39 is 0 Å². The Bertz CT molecular complexity index is 429. The molecule has 1 aliphatic carbocycles. The predicted octanol–water partition coefficient (Wildman–Crippen LogP) is -0.685. The minimum atomic E-state index is -0.234. The first-order valence-corrected chi connectivity index (χ1v) is 12.1. The van der Waals surface area contributed by atoms with E-state index >= 15 is 0 Å². The van der Waals surface area contributed by atoms with E-state index in [1.165, 1.54) is 0 Å². The van der Waals surface area contributed by atoms with Crippen LogP contribution in [0.25, 0.3) is 0 Å². The Hall–Kier alpha value is -0.360. The fraction of sp³-hybridized carbons (Fsp3) is 1.00. The van der Waals surface area contributed by atoms with E-state index in [0.29, 0.717) is 38.8 Å². The van der Waals surface area contributed by atoms with Gasteiger partial charge >= 0.3 is 0 Å². The molecule has 9 heteroatoms. The van der Waals surface area contributed by atoms with Crippen LogP contribution in [-0.4, -0.2) is 97.8 Å². The summed E-state index contributed by atoms with van der Waals surface area (Å²) in [5.74, 6) is 0.758. The van der Waals surface area contributed by atoms with Crippen LogP contribution in [-0.2, 0) is 9.47 Å². The summed E-state index contributed by atoms with van der Waals surface area (Å²) in [5, 5.41) is 34.0. The van der Waals surface area contributed by atoms with E-state index in [2.05, 4.69) is 10.6 Å². The third-order valence-corrected chi connectivity index (χ3v) is 5.77. The first kappa shape index (κ1) is 28.7. The van der Waals surface area contributed by atoms with Crippen LogP contribution < -0.4 is 22.1 Å². The van der Waals surface area contributed by atoms with Crippen LogP contribution in [0.1, 0.15) is 52.4 Å². The molecule has 0 amide bonds. The van der Waals surface area contributed by atoms with Crippen LogP contribution in [0.5, 0.6) is 0 Å². The zero-order valence-corrected chi connectivity index (χ0v) is 19.5. The van der Waals surface area contributed by atoms with Crippen molar-refractivity contribution in [1.82, 2.24) is 10.6 Å². The van der Waals surface area contributed by atoms with Crippen molar-refractivity contribution in [3.8, 4) is 0 Å². The largest absolute Gasteiger partial charge is 0.395 e. The lowest BCUT2D eigenvalue weighted by Gasteiger charge is -2.33. The topological polar surface area (TPSA) is 155 Å². The lowest BCUT2D eigenvalue weighted by atomic mass is 9.81. The van der Waals surface area contributed by atoms with Crippen LogP contribution in [0.3, 0.4) is 0 Å². The summed E-state index contributed by atoms with van der Waals surface area (Å²) >= 11 is 0. The number of hydrogen-bond donors (Lipinski definition) is 7. The first-order chi connectivity index (χ1) is 15.0. The normalized spacial score (nSPS) is 33.8. The van der Waals surface area contributed by atoms with Crippen molar-refractivity contribution >= 4 is 0 Å². The van der Waals surface area contributed by atoms with E-state index in [-0.39, 0.29) is 37.1 Å². The molecule has 31 heavy (non-hydrogen) atoms. The predicted molar refractivity (Wildman–Crippen MR) is 123 cm³/mol. The Morgan fingerprint density at radius 2 is 1.39 bits per heavy atom. The third-order valence-electron chi connectivity index (χ3n) is 5.77. The Kier molecular flexibility index (Phi) is 15.9. The van der Waals surface area contributed by atoms with E-state index in [4.69, 9.17) is 26.0 Å². The van der Waals surface area contributed by atoms with Crippen molar-refractivity contribution in [3.63, 3.8) is 0 Å². The van der Waals surface area contributed by atoms with Gasteiger partial charge in [-0.3, -0.25) is 0 Å². The average Bonchev–Trinajstić information content (AvgIpc) is 2.74. The number of aliphatic hydroxyl groups is 3. The number of aliphatic hydroxyl groups excluding tert-OH is 3. The maximum Gasteiger partial charge on any atom is 0.0724 e. The molecule has 2 heterocycles. The summed E-state index contributed by atoms with van der Waals surface area (Å²) < 4.78 is 11.0. The highest BCUT2D eigenvalue weighted by atomic mass is 16.5. The van der Waals surface area contributed by atoms with E-state index in [9.17, 15) is 10.2 Å². The van der Waals surface area contributed by atoms with E-state index in [1.54, 1.807) is 0 Å². The molecular formula is C22H48N4O5. The monoisotopic (exact) mass is 448 g/mol. The third kappa shape index (κ3) is 13.1. The van der Waals surface area contributed by atoms with Gasteiger partial charge in [-0.1, -0.05) is 13.8 Å². The molecule has 5 unspecified atom stereocenters. The highest BCUT2D eigenvalue weighted by Gasteiger charge is 2.26. The molecule has 2 saturated heterocycles. The van der Waals surface area contributed by atoms with Crippen molar-refractivity contribution in [1.29, 1.82) is 0 Å². The quantitative estimate of drug-likeness (QED) is 0.243. The zero-order valence-electron chi connectivity index (χ0n) is 19.5. The zero-order chi connectivity index (χ0) is 23.1. The Labute approximate surface area is 188 Å². The van der Waals surface area contributed by atoms with Gasteiger partial charge in [0.05, 0.1) is 31.0 Å². The van der Waals surface area contributed by atoms with Gasteiger partial charge in [0.2, 0.25) is 0 Å². The summed E-state index contributed by atoms with van der Waals surface area (Å²) in [7, 11) is 0. The van der Waals surface area contributed by atoms with Crippen LogP contribution in [0.4, 0.5) is 0 Å². The molecule has 0 spiro atoms. The standard InChI is InChI=1S/C11H22N2O2.C9H20N2O3.C2H6/c12-9-3-8(4-9)6-13-7-11-5-10(14)1-2-15-11;10-7(6-12)4-11-5-9-3-8(13)1-2-14-9;1-2/h8-11,13-14H,1-7,12H2;7-9,11-13H,1-6,10H2;1-2H3. The van der Waals surface area contributed by atoms with Gasteiger partial charge in [0.1, 0.15) is 0 Å². The van der Waals surface area contributed by atoms with Gasteiger partial charge in [0.15, 0.2) is 0 Å². The molecule has 3 aliphatic rings. The Balaban J connectivity index is 0.000000288. The first-order valence-electron chi connectivity index (χ1n) is 12.1. The van der Waals surface area contributed by atoms with Crippen LogP contribution in [0, 0.1) is 5.92 Å². The minimum absolute atomic E-state index is 0.0127. The van der Waals surface area contributed by atoms with Gasteiger partial charge < -0.3 is 46.9 Å². The lowest BCUT2D eigenvalue weighted by Crippen LogP contribution is -2.44. The number of nitrogens with two attached hydrogens (primary N) is 2. The SMILES string of the molecule is CC.NC(CO)CNCC1CC(O)CCO1.NC1CC(CNCC2CC(O)CCO2)C1. The van der Waals surface area contributed by atoms with Crippen molar-refractivity contribution in [2.24, 2.45) is 17.4 Å². The molecule has 0 aromatic rings. The molecule has 9 nitrogen and oxygen atoms in total. The molecule has 0 radical (unpaired) electrons. The molecule has 0 bridgehead atoms. The molecule has 3 rings (SSSR count). The Morgan fingerprint density at radius 1 is 0.871 bits per heavy atom. The second-order valence-corrected chi connectivity index (χ2v) is 8.70. The number of ether oxygens (including phenoxy) is 2. The van der Waals surface area contributed by atoms with Crippen LogP contribution >= 0.6 is 0 Å². The lowest BCUT2D eigenvalue weighted by molar-refractivity contribution is -0.0424. The molecule has 9 N–H and O–H groups in total. The Morgan fingerprint density at radius 3 is 1.84 bits per heavy atom. The van der Waals surface area contributed by atoms with Crippen molar-refractivity contribution in [2.75, 3.05) is 46.0 Å². The maximum absolute atomic E-state index is 9.46. The maximum atomic E-state index is 9.46. The summed E-state index contributed by atoms with van der Waals surface area (Å²) in [5.41, 5.74) is 11.2. The van der Waals surface area contributed by atoms with E-state index in [0.717, 1.165) is 51.1 Å². The summed E-state index contributed by atoms with van der Waals surface area (Å²) in [6.45, 7) is 8.48. The second kappa shape index (κ2) is 17.2. The molecule has 0 aromatic heterocycles. The van der Waals surface area contributed by atoms with Gasteiger partial charge in [-0.05, 0) is 38.1 Å². The molecular weight excluding hydrogens is 400 g/mol.